The number of rotatable bonds is 4. The predicted molar refractivity (Wildman–Crippen MR) is 75.8 cm³/mol. The molecule has 0 saturated heterocycles. The van der Waals surface area contributed by atoms with Gasteiger partial charge in [-0.25, -0.2) is 0 Å². The molecule has 4 heteroatoms. The van der Waals surface area contributed by atoms with Gasteiger partial charge in [0.1, 0.15) is 11.6 Å². The Labute approximate surface area is 111 Å². The molecular formula is C13H19BrN2O. The molecule has 0 saturated carbocycles. The number of hydrogen-bond acceptors (Lipinski definition) is 2. The SMILES string of the molecule is CCCN=C(N)c1cc(C(C)C)cc(Br)c1O. The van der Waals surface area contributed by atoms with Gasteiger partial charge in [-0.15, -0.1) is 0 Å². The number of hydrogen-bond donors (Lipinski definition) is 2. The first-order chi connectivity index (χ1) is 7.97. The fourth-order valence-corrected chi connectivity index (χ4v) is 1.94. The number of phenols is 1. The van der Waals surface area contributed by atoms with Gasteiger partial charge >= 0.3 is 0 Å². The minimum absolute atomic E-state index is 0.159. The minimum atomic E-state index is 0.159. The van der Waals surface area contributed by atoms with Crippen LogP contribution in [0.2, 0.25) is 0 Å². The van der Waals surface area contributed by atoms with Gasteiger partial charge in [0.05, 0.1) is 10.0 Å². The third kappa shape index (κ3) is 3.46. The summed E-state index contributed by atoms with van der Waals surface area (Å²) in [5, 5.41) is 9.97. The van der Waals surface area contributed by atoms with Crippen LogP contribution < -0.4 is 5.73 Å². The van der Waals surface area contributed by atoms with Crippen molar-refractivity contribution in [2.75, 3.05) is 6.54 Å². The average Bonchev–Trinajstić information content (AvgIpc) is 2.29. The molecule has 1 aromatic rings. The second-order valence-electron chi connectivity index (χ2n) is 4.32. The van der Waals surface area contributed by atoms with Crippen LogP contribution in [0.3, 0.4) is 0 Å². The van der Waals surface area contributed by atoms with E-state index in [1.54, 1.807) is 0 Å². The van der Waals surface area contributed by atoms with Crippen LogP contribution in [0.4, 0.5) is 0 Å². The number of halogens is 1. The summed E-state index contributed by atoms with van der Waals surface area (Å²) in [6, 6.07) is 3.82. The van der Waals surface area contributed by atoms with E-state index in [4.69, 9.17) is 5.73 Å². The fraction of sp³-hybridized carbons (Fsp3) is 0.462. The van der Waals surface area contributed by atoms with Crippen LogP contribution in [0.5, 0.6) is 5.75 Å². The second-order valence-corrected chi connectivity index (χ2v) is 5.17. The summed E-state index contributed by atoms with van der Waals surface area (Å²) in [6.45, 7) is 6.91. The lowest BCUT2D eigenvalue weighted by Gasteiger charge is -2.12. The van der Waals surface area contributed by atoms with Crippen molar-refractivity contribution in [2.45, 2.75) is 33.1 Å². The fourth-order valence-electron chi connectivity index (χ4n) is 1.47. The number of nitrogens with two attached hydrogens (primary N) is 1. The first-order valence-electron chi connectivity index (χ1n) is 5.80. The van der Waals surface area contributed by atoms with Gasteiger partial charge in [-0.1, -0.05) is 20.8 Å². The van der Waals surface area contributed by atoms with E-state index in [0.717, 1.165) is 12.0 Å². The molecule has 0 aliphatic heterocycles. The van der Waals surface area contributed by atoms with Gasteiger partial charge in [-0.05, 0) is 46.0 Å². The lowest BCUT2D eigenvalue weighted by molar-refractivity contribution is 0.470. The smallest absolute Gasteiger partial charge is 0.140 e. The molecule has 3 N–H and O–H groups in total. The Hall–Kier alpha value is -1.03. The number of aliphatic imine (C=N–C) groups is 1. The molecule has 17 heavy (non-hydrogen) atoms. The Kier molecular flexibility index (Phi) is 5.00. The Morgan fingerprint density at radius 3 is 2.65 bits per heavy atom. The first kappa shape index (κ1) is 14.0. The zero-order valence-electron chi connectivity index (χ0n) is 10.5. The van der Waals surface area contributed by atoms with Crippen LogP contribution in [0, 0.1) is 0 Å². The van der Waals surface area contributed by atoms with Crippen LogP contribution in [-0.4, -0.2) is 17.5 Å². The zero-order chi connectivity index (χ0) is 13.0. The van der Waals surface area contributed by atoms with Crippen molar-refractivity contribution in [1.82, 2.24) is 0 Å². The number of amidine groups is 1. The van der Waals surface area contributed by atoms with E-state index in [9.17, 15) is 5.11 Å². The summed E-state index contributed by atoms with van der Waals surface area (Å²) >= 11 is 3.34. The summed E-state index contributed by atoms with van der Waals surface area (Å²) in [4.78, 5) is 4.23. The number of nitrogens with zero attached hydrogens (tertiary/aromatic N) is 1. The van der Waals surface area contributed by atoms with E-state index < -0.39 is 0 Å². The summed E-state index contributed by atoms with van der Waals surface area (Å²) in [6.07, 6.45) is 0.937. The molecule has 94 valence electrons. The number of phenolic OH excluding ortho intramolecular Hbond substituents is 1. The molecule has 0 amide bonds. The molecule has 0 aliphatic carbocycles. The topological polar surface area (TPSA) is 58.6 Å². The van der Waals surface area contributed by atoms with E-state index >= 15 is 0 Å². The monoisotopic (exact) mass is 298 g/mol. The second kappa shape index (κ2) is 6.05. The maximum atomic E-state index is 9.97. The van der Waals surface area contributed by atoms with E-state index in [1.165, 1.54) is 0 Å². The highest BCUT2D eigenvalue weighted by Crippen LogP contribution is 2.31. The van der Waals surface area contributed by atoms with E-state index in [-0.39, 0.29) is 5.75 Å². The van der Waals surface area contributed by atoms with Gasteiger partial charge in [-0.3, -0.25) is 4.99 Å². The van der Waals surface area contributed by atoms with Crippen molar-refractivity contribution in [1.29, 1.82) is 0 Å². The third-order valence-corrected chi connectivity index (χ3v) is 3.14. The molecule has 0 aliphatic rings. The van der Waals surface area contributed by atoms with Gasteiger partial charge < -0.3 is 10.8 Å². The Morgan fingerprint density at radius 2 is 2.12 bits per heavy atom. The zero-order valence-corrected chi connectivity index (χ0v) is 12.1. The third-order valence-electron chi connectivity index (χ3n) is 2.53. The molecule has 1 aromatic carbocycles. The molecule has 0 heterocycles. The lowest BCUT2D eigenvalue weighted by atomic mass is 10.00. The van der Waals surface area contributed by atoms with Crippen LogP contribution in [0.1, 0.15) is 44.2 Å². The highest BCUT2D eigenvalue weighted by Gasteiger charge is 2.12. The Bertz CT molecular complexity index is 428. The van der Waals surface area contributed by atoms with Gasteiger partial charge in [0.15, 0.2) is 0 Å². The Balaban J connectivity index is 3.22. The summed E-state index contributed by atoms with van der Waals surface area (Å²) < 4.78 is 0.661. The molecule has 0 aromatic heterocycles. The lowest BCUT2D eigenvalue weighted by Crippen LogP contribution is -2.15. The van der Waals surface area contributed by atoms with Crippen LogP contribution in [0.25, 0.3) is 0 Å². The summed E-state index contributed by atoms with van der Waals surface area (Å²) in [5.41, 5.74) is 7.62. The highest BCUT2D eigenvalue weighted by molar-refractivity contribution is 9.10. The molecule has 3 nitrogen and oxygen atoms in total. The molecule has 0 spiro atoms. The highest BCUT2D eigenvalue weighted by atomic mass is 79.9. The molecule has 0 radical (unpaired) electrons. The van der Waals surface area contributed by atoms with E-state index in [1.807, 2.05) is 19.1 Å². The Morgan fingerprint density at radius 1 is 1.47 bits per heavy atom. The predicted octanol–water partition coefficient (Wildman–Crippen LogP) is 3.39. The maximum Gasteiger partial charge on any atom is 0.140 e. The van der Waals surface area contributed by atoms with E-state index in [0.29, 0.717) is 28.3 Å². The van der Waals surface area contributed by atoms with Crippen molar-refractivity contribution in [3.8, 4) is 5.75 Å². The molecule has 0 fully saturated rings. The number of aromatic hydroxyl groups is 1. The molecule has 1 rings (SSSR count). The molecule has 0 bridgehead atoms. The minimum Gasteiger partial charge on any atom is -0.506 e. The quantitative estimate of drug-likeness (QED) is 0.661. The number of benzene rings is 1. The van der Waals surface area contributed by atoms with Crippen molar-refractivity contribution in [3.63, 3.8) is 0 Å². The van der Waals surface area contributed by atoms with Gasteiger partial charge in [-0.2, -0.15) is 0 Å². The van der Waals surface area contributed by atoms with Crippen molar-refractivity contribution in [2.24, 2.45) is 10.7 Å². The van der Waals surface area contributed by atoms with Crippen LogP contribution in [-0.2, 0) is 0 Å². The normalized spacial score (nSPS) is 12.2. The molecular weight excluding hydrogens is 280 g/mol. The molecule has 0 unspecified atom stereocenters. The van der Waals surface area contributed by atoms with Crippen molar-refractivity contribution >= 4 is 21.8 Å². The standard InChI is InChI=1S/C13H19BrN2O/c1-4-5-16-13(15)10-6-9(8(2)3)7-11(14)12(10)17/h6-8,17H,4-5H2,1-3H3,(H2,15,16). The first-order valence-corrected chi connectivity index (χ1v) is 6.59. The summed E-state index contributed by atoms with van der Waals surface area (Å²) in [5.74, 6) is 0.934. The van der Waals surface area contributed by atoms with Crippen molar-refractivity contribution < 1.29 is 5.11 Å². The van der Waals surface area contributed by atoms with Gasteiger partial charge in [0.2, 0.25) is 0 Å². The van der Waals surface area contributed by atoms with Crippen LogP contribution in [0.15, 0.2) is 21.6 Å². The average molecular weight is 299 g/mol. The largest absolute Gasteiger partial charge is 0.506 e. The molecule has 0 atom stereocenters. The van der Waals surface area contributed by atoms with E-state index in [2.05, 4.69) is 34.8 Å². The van der Waals surface area contributed by atoms with Gasteiger partial charge in [0.25, 0.3) is 0 Å². The van der Waals surface area contributed by atoms with Crippen LogP contribution >= 0.6 is 15.9 Å². The maximum absolute atomic E-state index is 9.97. The van der Waals surface area contributed by atoms with Crippen molar-refractivity contribution in [3.05, 3.63) is 27.7 Å². The van der Waals surface area contributed by atoms with Gasteiger partial charge in [0, 0.05) is 6.54 Å². The summed E-state index contributed by atoms with van der Waals surface area (Å²) in [7, 11) is 0.